The summed E-state index contributed by atoms with van der Waals surface area (Å²) in [5.74, 6) is -0.142. The van der Waals surface area contributed by atoms with Crippen LogP contribution in [0.4, 0.5) is 5.69 Å². The Labute approximate surface area is 113 Å². The summed E-state index contributed by atoms with van der Waals surface area (Å²) in [5.41, 5.74) is 6.64. The Balaban J connectivity index is 2.50. The van der Waals surface area contributed by atoms with Gasteiger partial charge in [0.15, 0.2) is 0 Å². The number of hydrogen-bond acceptors (Lipinski definition) is 3. The second-order valence-electron chi connectivity index (χ2n) is 4.06. The van der Waals surface area contributed by atoms with Crippen LogP contribution in [0.3, 0.4) is 0 Å². The Hall–Kier alpha value is -1.26. The Morgan fingerprint density at radius 1 is 1.33 bits per heavy atom. The molecule has 0 unspecified atom stereocenters. The molecule has 3 N–H and O–H groups in total. The number of nitrogens with one attached hydrogen (secondary N) is 1. The molecule has 18 heavy (non-hydrogen) atoms. The summed E-state index contributed by atoms with van der Waals surface area (Å²) in [6.07, 6.45) is 0. The smallest absolute Gasteiger partial charge is 0.251 e. The van der Waals surface area contributed by atoms with Gasteiger partial charge < -0.3 is 16.0 Å². The van der Waals surface area contributed by atoms with Crippen molar-refractivity contribution in [1.29, 1.82) is 0 Å². The first-order valence-electron chi connectivity index (χ1n) is 6.13. The number of amides is 1. The summed E-state index contributed by atoms with van der Waals surface area (Å²) in [7, 11) is 0. The van der Waals surface area contributed by atoms with Crippen molar-refractivity contribution in [2.75, 3.05) is 31.9 Å². The zero-order valence-corrected chi connectivity index (χ0v) is 11.6. The van der Waals surface area contributed by atoms with Crippen LogP contribution in [-0.4, -0.2) is 37.0 Å². The van der Waals surface area contributed by atoms with E-state index in [-0.39, 0.29) is 5.91 Å². The molecule has 0 aliphatic rings. The summed E-state index contributed by atoms with van der Waals surface area (Å²) >= 11 is 5.86. The van der Waals surface area contributed by atoms with Crippen molar-refractivity contribution in [2.45, 2.75) is 13.8 Å². The standard InChI is InChI=1S/C13H20ClN3O/c1-3-17(4-2)6-5-16-13(18)10-7-11(14)9-12(15)8-10/h7-9H,3-6,15H2,1-2H3,(H,16,18). The highest BCUT2D eigenvalue weighted by molar-refractivity contribution is 6.31. The number of carbonyl (C=O) groups excluding carboxylic acids is 1. The van der Waals surface area contributed by atoms with E-state index in [1.807, 2.05) is 0 Å². The largest absolute Gasteiger partial charge is 0.399 e. The maximum Gasteiger partial charge on any atom is 0.251 e. The van der Waals surface area contributed by atoms with Crippen molar-refractivity contribution in [2.24, 2.45) is 0 Å². The molecule has 100 valence electrons. The molecule has 0 atom stereocenters. The number of nitrogens with zero attached hydrogens (tertiary/aromatic N) is 1. The first-order chi connectivity index (χ1) is 8.56. The molecule has 0 bridgehead atoms. The average Bonchev–Trinajstić information content (AvgIpc) is 2.33. The van der Waals surface area contributed by atoms with E-state index in [1.54, 1.807) is 18.2 Å². The van der Waals surface area contributed by atoms with Crippen molar-refractivity contribution >= 4 is 23.2 Å². The molecule has 4 nitrogen and oxygen atoms in total. The van der Waals surface area contributed by atoms with Crippen LogP contribution in [0, 0.1) is 0 Å². The summed E-state index contributed by atoms with van der Waals surface area (Å²) < 4.78 is 0. The number of rotatable bonds is 6. The number of carbonyl (C=O) groups is 1. The van der Waals surface area contributed by atoms with Gasteiger partial charge in [0.2, 0.25) is 0 Å². The predicted molar refractivity (Wildman–Crippen MR) is 76.0 cm³/mol. The molecule has 0 heterocycles. The van der Waals surface area contributed by atoms with Gasteiger partial charge in [-0.05, 0) is 31.3 Å². The molecule has 1 aromatic rings. The summed E-state index contributed by atoms with van der Waals surface area (Å²) in [4.78, 5) is 14.1. The normalized spacial score (nSPS) is 10.7. The Bertz CT molecular complexity index is 385. The minimum atomic E-state index is -0.142. The van der Waals surface area contributed by atoms with Gasteiger partial charge in [0, 0.05) is 29.4 Å². The van der Waals surface area contributed by atoms with Gasteiger partial charge >= 0.3 is 0 Å². The lowest BCUT2D eigenvalue weighted by Crippen LogP contribution is -2.34. The number of benzene rings is 1. The topological polar surface area (TPSA) is 58.4 Å². The molecule has 0 saturated heterocycles. The van der Waals surface area contributed by atoms with Crippen LogP contribution in [0.2, 0.25) is 5.02 Å². The molecule has 5 heteroatoms. The van der Waals surface area contributed by atoms with Gasteiger partial charge in [-0.15, -0.1) is 0 Å². The molecule has 1 aromatic carbocycles. The van der Waals surface area contributed by atoms with Crippen LogP contribution in [-0.2, 0) is 0 Å². The number of hydrogen-bond donors (Lipinski definition) is 2. The molecule has 0 aliphatic heterocycles. The molecule has 0 spiro atoms. The number of nitrogens with two attached hydrogens (primary N) is 1. The van der Waals surface area contributed by atoms with E-state index >= 15 is 0 Å². The maximum atomic E-state index is 11.9. The zero-order valence-electron chi connectivity index (χ0n) is 10.9. The van der Waals surface area contributed by atoms with Crippen LogP contribution in [0.25, 0.3) is 0 Å². The average molecular weight is 270 g/mol. The van der Waals surface area contributed by atoms with Crippen LogP contribution in [0.15, 0.2) is 18.2 Å². The quantitative estimate of drug-likeness (QED) is 0.777. The maximum absolute atomic E-state index is 11.9. The van der Waals surface area contributed by atoms with E-state index in [4.69, 9.17) is 17.3 Å². The first-order valence-corrected chi connectivity index (χ1v) is 6.51. The number of anilines is 1. The third-order valence-corrected chi connectivity index (χ3v) is 3.01. The monoisotopic (exact) mass is 269 g/mol. The van der Waals surface area contributed by atoms with Crippen LogP contribution >= 0.6 is 11.6 Å². The lowest BCUT2D eigenvalue weighted by molar-refractivity contribution is 0.0949. The Kier molecular flexibility index (Phi) is 5.95. The van der Waals surface area contributed by atoms with Gasteiger partial charge in [-0.3, -0.25) is 4.79 Å². The lowest BCUT2D eigenvalue weighted by Gasteiger charge is -2.18. The van der Waals surface area contributed by atoms with E-state index in [9.17, 15) is 4.79 Å². The van der Waals surface area contributed by atoms with Gasteiger partial charge in [0.1, 0.15) is 0 Å². The van der Waals surface area contributed by atoms with E-state index in [0.29, 0.717) is 22.8 Å². The summed E-state index contributed by atoms with van der Waals surface area (Å²) in [5, 5.41) is 3.33. The molecule has 0 aromatic heterocycles. The fraction of sp³-hybridized carbons (Fsp3) is 0.462. The number of likely N-dealkylation sites (N-methyl/N-ethyl adjacent to an activating group) is 1. The fourth-order valence-electron chi connectivity index (χ4n) is 1.71. The summed E-state index contributed by atoms with van der Waals surface area (Å²) in [6, 6.07) is 4.86. The van der Waals surface area contributed by atoms with Gasteiger partial charge in [-0.2, -0.15) is 0 Å². The van der Waals surface area contributed by atoms with Crippen molar-refractivity contribution in [3.8, 4) is 0 Å². The number of halogens is 1. The fourth-order valence-corrected chi connectivity index (χ4v) is 1.96. The van der Waals surface area contributed by atoms with E-state index in [2.05, 4.69) is 24.1 Å². The molecule has 0 radical (unpaired) electrons. The van der Waals surface area contributed by atoms with Crippen molar-refractivity contribution in [1.82, 2.24) is 10.2 Å². The van der Waals surface area contributed by atoms with Gasteiger partial charge in [0.25, 0.3) is 5.91 Å². The SMILES string of the molecule is CCN(CC)CCNC(=O)c1cc(N)cc(Cl)c1. The van der Waals surface area contributed by atoms with Gasteiger partial charge in [-0.1, -0.05) is 25.4 Å². The van der Waals surface area contributed by atoms with Crippen LogP contribution in [0.5, 0.6) is 0 Å². The third kappa shape index (κ3) is 4.55. The highest BCUT2D eigenvalue weighted by Gasteiger charge is 2.07. The zero-order chi connectivity index (χ0) is 13.5. The van der Waals surface area contributed by atoms with Gasteiger partial charge in [0.05, 0.1) is 0 Å². The number of nitrogen functional groups attached to an aromatic ring is 1. The molecular formula is C13H20ClN3O. The second-order valence-corrected chi connectivity index (χ2v) is 4.49. The Morgan fingerprint density at radius 2 is 2.00 bits per heavy atom. The lowest BCUT2D eigenvalue weighted by atomic mass is 10.2. The molecule has 0 aliphatic carbocycles. The minimum absolute atomic E-state index is 0.142. The third-order valence-electron chi connectivity index (χ3n) is 2.79. The van der Waals surface area contributed by atoms with Crippen molar-refractivity contribution < 1.29 is 4.79 Å². The molecule has 0 saturated carbocycles. The molecular weight excluding hydrogens is 250 g/mol. The van der Waals surface area contributed by atoms with E-state index < -0.39 is 0 Å². The van der Waals surface area contributed by atoms with Crippen molar-refractivity contribution in [3.63, 3.8) is 0 Å². The Morgan fingerprint density at radius 3 is 2.56 bits per heavy atom. The van der Waals surface area contributed by atoms with Crippen LogP contribution < -0.4 is 11.1 Å². The summed E-state index contributed by atoms with van der Waals surface area (Å²) in [6.45, 7) is 7.63. The second kappa shape index (κ2) is 7.24. The highest BCUT2D eigenvalue weighted by Crippen LogP contribution is 2.16. The predicted octanol–water partition coefficient (Wildman–Crippen LogP) is 1.99. The van der Waals surface area contributed by atoms with Crippen LogP contribution in [0.1, 0.15) is 24.2 Å². The molecule has 1 rings (SSSR count). The highest BCUT2D eigenvalue weighted by atomic mass is 35.5. The van der Waals surface area contributed by atoms with E-state index in [0.717, 1.165) is 19.6 Å². The first kappa shape index (κ1) is 14.8. The van der Waals surface area contributed by atoms with E-state index in [1.165, 1.54) is 0 Å². The molecule has 0 fully saturated rings. The van der Waals surface area contributed by atoms with Crippen molar-refractivity contribution in [3.05, 3.63) is 28.8 Å². The molecule has 1 amide bonds. The minimum Gasteiger partial charge on any atom is -0.399 e. The van der Waals surface area contributed by atoms with Gasteiger partial charge in [-0.25, -0.2) is 0 Å².